The number of aryl methyl sites for hydroxylation is 1. The van der Waals surface area contributed by atoms with Crippen LogP contribution in [0.1, 0.15) is 49.0 Å². The fourth-order valence-corrected chi connectivity index (χ4v) is 5.52. The lowest BCUT2D eigenvalue weighted by atomic mass is 9.93. The summed E-state index contributed by atoms with van der Waals surface area (Å²) in [5.74, 6) is 1.26. The highest BCUT2D eigenvalue weighted by Gasteiger charge is 2.25. The van der Waals surface area contributed by atoms with Crippen molar-refractivity contribution in [1.29, 1.82) is 0 Å². The molecule has 2 fully saturated rings. The summed E-state index contributed by atoms with van der Waals surface area (Å²) >= 11 is 0. The Bertz CT molecular complexity index is 1230. The van der Waals surface area contributed by atoms with Crippen LogP contribution in [-0.4, -0.2) is 54.7 Å². The van der Waals surface area contributed by atoms with Crippen molar-refractivity contribution in [3.63, 3.8) is 0 Å². The van der Waals surface area contributed by atoms with E-state index >= 15 is 0 Å². The van der Waals surface area contributed by atoms with Gasteiger partial charge in [0, 0.05) is 37.1 Å². The minimum Gasteiger partial charge on any atom is -0.382 e. The zero-order valence-corrected chi connectivity index (χ0v) is 21.1. The fraction of sp³-hybridized carbons (Fsp3) is 0.448. The number of nitrogens with zero attached hydrogens (tertiary/aromatic N) is 3. The Morgan fingerprint density at radius 1 is 1.14 bits per heavy atom. The number of nitrogens with two attached hydrogens (primary N) is 1. The Labute approximate surface area is 208 Å². The molecule has 0 aliphatic carbocycles. The number of pyridine rings is 1. The molecule has 5 rings (SSSR count). The Kier molecular flexibility index (Phi) is 6.65. The van der Waals surface area contributed by atoms with Gasteiger partial charge in [-0.15, -0.1) is 0 Å². The average molecular weight is 473 g/mol. The van der Waals surface area contributed by atoms with Crippen molar-refractivity contribution < 1.29 is 9.53 Å². The molecule has 3 heterocycles. The fourth-order valence-electron chi connectivity index (χ4n) is 5.52. The summed E-state index contributed by atoms with van der Waals surface area (Å²) in [6.45, 7) is 10.5. The number of hydrogen-bond acceptors (Lipinski definition) is 5. The molecule has 2 saturated heterocycles. The maximum Gasteiger partial charge on any atom is 0.254 e. The molecular formula is C29H36N4O2. The predicted octanol–water partition coefficient (Wildman–Crippen LogP) is 5.28. The smallest absolute Gasteiger partial charge is 0.254 e. The third-order valence-corrected chi connectivity index (χ3v) is 7.22. The van der Waals surface area contributed by atoms with Gasteiger partial charge in [0.25, 0.3) is 5.91 Å². The number of likely N-dealkylation sites (tertiary alicyclic amines) is 1. The van der Waals surface area contributed by atoms with Crippen LogP contribution in [0.15, 0.2) is 42.5 Å². The van der Waals surface area contributed by atoms with Gasteiger partial charge in [-0.3, -0.25) is 4.79 Å². The normalized spacial score (nSPS) is 18.6. The molecule has 0 radical (unpaired) electrons. The average Bonchev–Trinajstić information content (AvgIpc) is 3.38. The highest BCUT2D eigenvalue weighted by Crippen LogP contribution is 2.34. The molecule has 2 aliphatic rings. The van der Waals surface area contributed by atoms with Gasteiger partial charge in [0.2, 0.25) is 0 Å². The maximum atomic E-state index is 13.3. The number of benzene rings is 2. The third-order valence-electron chi connectivity index (χ3n) is 7.22. The van der Waals surface area contributed by atoms with Gasteiger partial charge in [0.1, 0.15) is 5.82 Å². The van der Waals surface area contributed by atoms with Crippen molar-refractivity contribution in [2.75, 3.05) is 43.4 Å². The molecule has 1 atom stereocenters. The van der Waals surface area contributed by atoms with Crippen LogP contribution in [-0.2, 0) is 4.74 Å². The number of aromatic nitrogens is 1. The van der Waals surface area contributed by atoms with Crippen molar-refractivity contribution in [2.45, 2.75) is 46.1 Å². The van der Waals surface area contributed by atoms with Gasteiger partial charge in [0.05, 0.1) is 23.9 Å². The first-order valence-electron chi connectivity index (χ1n) is 12.9. The van der Waals surface area contributed by atoms with Crippen LogP contribution in [0.25, 0.3) is 22.0 Å². The lowest BCUT2D eigenvalue weighted by Gasteiger charge is -2.35. The maximum absolute atomic E-state index is 13.3. The number of nitrogen functional groups attached to an aromatic ring is 1. The van der Waals surface area contributed by atoms with Gasteiger partial charge < -0.3 is 20.3 Å². The summed E-state index contributed by atoms with van der Waals surface area (Å²) in [5, 5.41) is 1.03. The number of carbonyl (C=O) groups is 1. The van der Waals surface area contributed by atoms with Crippen LogP contribution in [0.4, 0.5) is 11.5 Å². The summed E-state index contributed by atoms with van der Waals surface area (Å²) < 4.78 is 6.00. The number of morpholine rings is 1. The van der Waals surface area contributed by atoms with E-state index in [4.69, 9.17) is 15.5 Å². The van der Waals surface area contributed by atoms with Gasteiger partial charge in [-0.2, -0.15) is 0 Å². The van der Waals surface area contributed by atoms with Crippen LogP contribution < -0.4 is 10.6 Å². The molecule has 0 bridgehead atoms. The van der Waals surface area contributed by atoms with E-state index in [9.17, 15) is 4.79 Å². The molecule has 2 N–H and O–H groups in total. The quantitative estimate of drug-likeness (QED) is 0.547. The molecule has 35 heavy (non-hydrogen) atoms. The number of ether oxygens (including phenoxy) is 1. The number of amides is 1. The number of anilines is 2. The van der Waals surface area contributed by atoms with Crippen LogP contribution in [0.5, 0.6) is 0 Å². The Morgan fingerprint density at radius 2 is 1.94 bits per heavy atom. The monoisotopic (exact) mass is 472 g/mol. The summed E-state index contributed by atoms with van der Waals surface area (Å²) in [6.07, 6.45) is 3.40. The Balaban J connectivity index is 1.52. The lowest BCUT2D eigenvalue weighted by Crippen LogP contribution is -2.43. The first-order valence-corrected chi connectivity index (χ1v) is 12.9. The van der Waals surface area contributed by atoms with E-state index < -0.39 is 0 Å². The van der Waals surface area contributed by atoms with Crippen molar-refractivity contribution in [3.05, 3.63) is 53.6 Å². The third kappa shape index (κ3) is 4.85. The summed E-state index contributed by atoms with van der Waals surface area (Å²) in [7, 11) is 0. The van der Waals surface area contributed by atoms with E-state index in [2.05, 4.69) is 49.9 Å². The topological polar surface area (TPSA) is 71.7 Å². The molecule has 1 aromatic heterocycles. The molecule has 0 saturated carbocycles. The molecule has 2 aromatic carbocycles. The van der Waals surface area contributed by atoms with Crippen LogP contribution >= 0.6 is 0 Å². The molecule has 184 valence electrons. The van der Waals surface area contributed by atoms with Gasteiger partial charge in [0.15, 0.2) is 0 Å². The number of hydrogen-bond donors (Lipinski definition) is 1. The number of rotatable bonds is 5. The summed E-state index contributed by atoms with van der Waals surface area (Å²) in [6, 6.07) is 14.4. The van der Waals surface area contributed by atoms with E-state index in [1.807, 2.05) is 23.1 Å². The van der Waals surface area contributed by atoms with E-state index in [-0.39, 0.29) is 12.0 Å². The second-order valence-corrected chi connectivity index (χ2v) is 10.4. The standard InChI is InChI=1S/C29H36N4O2/c1-19(2)15-23-18-33(13-14-35-23)26-17-22-16-21(9-10-25(22)31-28(26)30)27-20(3)7-6-8-24(27)29(34)32-11-4-5-12-32/h6-10,16-17,19,23H,4-5,11-15,18H2,1-3H3,(H2,30,31). The molecule has 0 spiro atoms. The predicted molar refractivity (Wildman–Crippen MR) is 143 cm³/mol. The zero-order chi connectivity index (χ0) is 24.5. The number of carbonyl (C=O) groups excluding carboxylic acids is 1. The largest absolute Gasteiger partial charge is 0.382 e. The van der Waals surface area contributed by atoms with Crippen molar-refractivity contribution in [1.82, 2.24) is 9.88 Å². The van der Waals surface area contributed by atoms with E-state index in [0.29, 0.717) is 18.3 Å². The van der Waals surface area contributed by atoms with Crippen LogP contribution in [0.3, 0.4) is 0 Å². The summed E-state index contributed by atoms with van der Waals surface area (Å²) in [4.78, 5) is 22.4. The molecular weight excluding hydrogens is 436 g/mol. The molecule has 1 amide bonds. The molecule has 6 heteroatoms. The van der Waals surface area contributed by atoms with E-state index in [1.54, 1.807) is 0 Å². The van der Waals surface area contributed by atoms with Crippen molar-refractivity contribution in [2.24, 2.45) is 5.92 Å². The van der Waals surface area contributed by atoms with Gasteiger partial charge in [-0.05, 0) is 73.1 Å². The second-order valence-electron chi connectivity index (χ2n) is 10.4. The Hall–Kier alpha value is -3.12. The highest BCUT2D eigenvalue weighted by atomic mass is 16.5. The highest BCUT2D eigenvalue weighted by molar-refractivity contribution is 6.03. The first-order chi connectivity index (χ1) is 16.9. The second kappa shape index (κ2) is 9.86. The van der Waals surface area contributed by atoms with Gasteiger partial charge >= 0.3 is 0 Å². The van der Waals surface area contributed by atoms with E-state index in [0.717, 1.165) is 84.3 Å². The Morgan fingerprint density at radius 3 is 2.71 bits per heavy atom. The molecule has 2 aliphatic heterocycles. The molecule has 3 aromatic rings. The molecule has 1 unspecified atom stereocenters. The van der Waals surface area contributed by atoms with Crippen LogP contribution in [0.2, 0.25) is 0 Å². The minimum atomic E-state index is 0.127. The first kappa shape index (κ1) is 23.6. The van der Waals surface area contributed by atoms with Crippen LogP contribution in [0, 0.1) is 12.8 Å². The SMILES string of the molecule is Cc1cccc(C(=O)N2CCCC2)c1-c1ccc2nc(N)c(N3CCOC(CC(C)C)C3)cc2c1. The van der Waals surface area contributed by atoms with Crippen molar-refractivity contribution >= 4 is 28.3 Å². The summed E-state index contributed by atoms with van der Waals surface area (Å²) in [5.41, 5.74) is 12.2. The minimum absolute atomic E-state index is 0.127. The number of fused-ring (bicyclic) bond motifs is 1. The van der Waals surface area contributed by atoms with Gasteiger partial charge in [-0.1, -0.05) is 32.0 Å². The molecule has 6 nitrogen and oxygen atoms in total. The van der Waals surface area contributed by atoms with Gasteiger partial charge in [-0.25, -0.2) is 4.98 Å². The van der Waals surface area contributed by atoms with Crippen molar-refractivity contribution in [3.8, 4) is 11.1 Å². The van der Waals surface area contributed by atoms with E-state index in [1.165, 1.54) is 0 Å². The zero-order valence-electron chi connectivity index (χ0n) is 21.1. The lowest BCUT2D eigenvalue weighted by molar-refractivity contribution is 0.0276.